The lowest BCUT2D eigenvalue weighted by molar-refractivity contribution is 0.0692. The number of hydrogen-bond donors (Lipinski definition) is 1. The predicted molar refractivity (Wildman–Crippen MR) is 82.8 cm³/mol. The van der Waals surface area contributed by atoms with E-state index in [0.717, 1.165) is 0 Å². The van der Waals surface area contributed by atoms with Gasteiger partial charge in [0.25, 0.3) is 5.91 Å². The van der Waals surface area contributed by atoms with E-state index in [2.05, 4.69) is 9.97 Å². The molecular weight excluding hydrogens is 312 g/mol. The summed E-state index contributed by atoms with van der Waals surface area (Å²) in [6.45, 7) is 1.01. The number of nitrogens with zero attached hydrogens (tertiary/aromatic N) is 4. The zero-order valence-electron chi connectivity index (χ0n) is 12.3. The Kier molecular flexibility index (Phi) is 5.43. The maximum atomic E-state index is 12.7. The smallest absolute Gasteiger partial charge is 0.274 e. The van der Waals surface area contributed by atoms with Crippen LogP contribution in [0.1, 0.15) is 16.9 Å². The number of hydrogen-bond acceptors (Lipinski definition) is 6. The van der Waals surface area contributed by atoms with E-state index in [1.54, 1.807) is 4.90 Å². The van der Waals surface area contributed by atoms with Gasteiger partial charge in [0.15, 0.2) is 10.9 Å². The second kappa shape index (κ2) is 6.91. The van der Waals surface area contributed by atoms with Crippen LogP contribution in [0.25, 0.3) is 0 Å². The molecule has 0 radical (unpaired) electrons. The van der Waals surface area contributed by atoms with Crippen LogP contribution in [-0.2, 0) is 0 Å². The summed E-state index contributed by atoms with van der Waals surface area (Å²) in [6.07, 6.45) is 3.36. The molecule has 6 nitrogen and oxygen atoms in total. The average molecular weight is 331 g/mol. The molecule has 2 heterocycles. The van der Waals surface area contributed by atoms with Crippen LogP contribution in [0.5, 0.6) is 0 Å². The van der Waals surface area contributed by atoms with Crippen molar-refractivity contribution in [2.24, 2.45) is 0 Å². The quantitative estimate of drug-likeness (QED) is 0.656. The fourth-order valence-corrected chi connectivity index (χ4v) is 2.98. The van der Waals surface area contributed by atoms with Crippen LogP contribution in [0, 0.1) is 0 Å². The van der Waals surface area contributed by atoms with Crippen molar-refractivity contribution in [2.45, 2.75) is 23.7 Å². The normalized spacial score (nSPS) is 22.1. The highest BCUT2D eigenvalue weighted by Gasteiger charge is 2.36. The van der Waals surface area contributed by atoms with Gasteiger partial charge in [0.1, 0.15) is 0 Å². The van der Waals surface area contributed by atoms with Crippen molar-refractivity contribution >= 4 is 29.3 Å². The number of carbonyl (C=O) groups is 1. The second-order valence-corrected chi connectivity index (χ2v) is 6.50. The summed E-state index contributed by atoms with van der Waals surface area (Å²) in [7, 11) is 3.88. The number of likely N-dealkylation sites (N-methyl/N-ethyl adjacent to an activating group) is 1. The Labute approximate surface area is 133 Å². The molecule has 21 heavy (non-hydrogen) atoms. The molecular formula is C13H19ClN4O2S. The number of amides is 1. The maximum Gasteiger partial charge on any atom is 0.274 e. The molecule has 0 saturated carbocycles. The second-order valence-electron chi connectivity index (χ2n) is 5.32. The molecule has 1 N–H and O–H groups in total. The molecule has 0 aromatic carbocycles. The highest BCUT2D eigenvalue weighted by Crippen LogP contribution is 2.24. The molecule has 1 fully saturated rings. The van der Waals surface area contributed by atoms with Crippen LogP contribution < -0.4 is 0 Å². The third kappa shape index (κ3) is 3.85. The Bertz CT molecular complexity index is 529. The number of halogens is 1. The third-order valence-electron chi connectivity index (χ3n) is 3.34. The zero-order valence-corrected chi connectivity index (χ0v) is 13.9. The Morgan fingerprint density at radius 1 is 1.62 bits per heavy atom. The fraction of sp³-hybridized carbons (Fsp3) is 0.615. The minimum absolute atomic E-state index is 0.0359. The van der Waals surface area contributed by atoms with Crippen molar-refractivity contribution in [3.8, 4) is 0 Å². The first-order chi connectivity index (χ1) is 9.92. The lowest BCUT2D eigenvalue weighted by atomic mass is 10.2. The molecule has 2 unspecified atom stereocenters. The molecule has 1 aromatic rings. The molecule has 2 rings (SSSR count). The molecule has 1 amide bonds. The van der Waals surface area contributed by atoms with Crippen LogP contribution in [0.4, 0.5) is 0 Å². The van der Waals surface area contributed by atoms with E-state index < -0.39 is 6.10 Å². The number of aliphatic hydroxyl groups excluding tert-OH is 1. The van der Waals surface area contributed by atoms with E-state index in [4.69, 9.17) is 11.6 Å². The van der Waals surface area contributed by atoms with E-state index in [1.807, 2.05) is 25.3 Å². The molecule has 8 heteroatoms. The predicted octanol–water partition coefficient (Wildman–Crippen LogP) is 0.989. The van der Waals surface area contributed by atoms with Crippen molar-refractivity contribution < 1.29 is 9.90 Å². The topological polar surface area (TPSA) is 69.6 Å². The summed E-state index contributed by atoms with van der Waals surface area (Å²) in [5.41, 5.74) is 0.203. The zero-order chi connectivity index (χ0) is 15.6. The van der Waals surface area contributed by atoms with Gasteiger partial charge in [-0.1, -0.05) is 23.4 Å². The van der Waals surface area contributed by atoms with Gasteiger partial charge in [0, 0.05) is 19.1 Å². The van der Waals surface area contributed by atoms with Crippen LogP contribution in [0.2, 0.25) is 5.02 Å². The molecule has 0 aliphatic carbocycles. The van der Waals surface area contributed by atoms with Crippen LogP contribution in [-0.4, -0.2) is 76.4 Å². The summed E-state index contributed by atoms with van der Waals surface area (Å²) in [5.74, 6) is -0.249. The van der Waals surface area contributed by atoms with Crippen molar-refractivity contribution in [3.63, 3.8) is 0 Å². The Balaban J connectivity index is 2.25. The van der Waals surface area contributed by atoms with Gasteiger partial charge >= 0.3 is 0 Å². The third-order valence-corrected chi connectivity index (χ3v) is 4.17. The number of β-amino-alcohol motifs (C(OH)–C–C–N with tert-alkyl or cyclic N) is 1. The van der Waals surface area contributed by atoms with E-state index in [9.17, 15) is 9.90 Å². The fourth-order valence-electron chi connectivity index (χ4n) is 2.47. The molecule has 0 bridgehead atoms. The number of aromatic nitrogens is 2. The van der Waals surface area contributed by atoms with Gasteiger partial charge < -0.3 is 14.9 Å². The Morgan fingerprint density at radius 2 is 2.33 bits per heavy atom. The highest BCUT2D eigenvalue weighted by atomic mass is 35.5. The van der Waals surface area contributed by atoms with Crippen molar-refractivity contribution in [1.82, 2.24) is 19.8 Å². The van der Waals surface area contributed by atoms with Crippen molar-refractivity contribution in [3.05, 3.63) is 16.9 Å². The highest BCUT2D eigenvalue weighted by molar-refractivity contribution is 7.98. The minimum atomic E-state index is -0.500. The van der Waals surface area contributed by atoms with Crippen molar-refractivity contribution in [2.75, 3.05) is 33.4 Å². The van der Waals surface area contributed by atoms with Gasteiger partial charge in [-0.05, 0) is 26.8 Å². The lowest BCUT2D eigenvalue weighted by Gasteiger charge is -2.26. The van der Waals surface area contributed by atoms with Gasteiger partial charge in [-0.3, -0.25) is 4.79 Å². The minimum Gasteiger partial charge on any atom is -0.391 e. The van der Waals surface area contributed by atoms with Gasteiger partial charge in [0.05, 0.1) is 17.3 Å². The molecule has 116 valence electrons. The van der Waals surface area contributed by atoms with E-state index >= 15 is 0 Å². The average Bonchev–Trinajstić information content (AvgIpc) is 2.78. The number of thioether (sulfide) groups is 1. The molecule has 0 spiro atoms. The first kappa shape index (κ1) is 16.5. The SMILES string of the molecule is CSc1ncc(Cl)c(C(=O)N2CC(O)CC2CN(C)C)n1. The summed E-state index contributed by atoms with van der Waals surface area (Å²) >= 11 is 7.42. The van der Waals surface area contributed by atoms with Gasteiger partial charge in [-0.15, -0.1) is 0 Å². The summed E-state index contributed by atoms with van der Waals surface area (Å²) < 4.78 is 0. The Morgan fingerprint density at radius 3 is 2.95 bits per heavy atom. The van der Waals surface area contributed by atoms with Gasteiger partial charge in [-0.25, -0.2) is 9.97 Å². The van der Waals surface area contributed by atoms with E-state index in [-0.39, 0.29) is 22.7 Å². The first-order valence-electron chi connectivity index (χ1n) is 6.62. The van der Waals surface area contributed by atoms with Gasteiger partial charge in [-0.2, -0.15) is 0 Å². The van der Waals surface area contributed by atoms with E-state index in [1.165, 1.54) is 18.0 Å². The summed E-state index contributed by atoms with van der Waals surface area (Å²) in [5, 5.41) is 10.6. The molecule has 2 atom stereocenters. The van der Waals surface area contributed by atoms with E-state index in [0.29, 0.717) is 24.7 Å². The summed E-state index contributed by atoms with van der Waals surface area (Å²) in [6, 6.07) is -0.0359. The van der Waals surface area contributed by atoms with Crippen LogP contribution in [0.3, 0.4) is 0 Å². The lowest BCUT2D eigenvalue weighted by Crippen LogP contribution is -2.41. The first-order valence-corrected chi connectivity index (χ1v) is 8.23. The molecule has 1 aliphatic rings. The molecule has 1 aliphatic heterocycles. The molecule has 1 saturated heterocycles. The summed E-state index contributed by atoms with van der Waals surface area (Å²) in [4.78, 5) is 24.6. The number of aliphatic hydroxyl groups is 1. The van der Waals surface area contributed by atoms with Gasteiger partial charge in [0.2, 0.25) is 0 Å². The number of likely N-dealkylation sites (tertiary alicyclic amines) is 1. The van der Waals surface area contributed by atoms with Crippen molar-refractivity contribution in [1.29, 1.82) is 0 Å². The number of rotatable bonds is 4. The standard InChI is InChI=1S/C13H19ClN4O2S/c1-17(2)6-8-4-9(19)7-18(8)12(20)11-10(14)5-15-13(16-11)21-3/h5,8-9,19H,4,6-7H2,1-3H3. The van der Waals surface area contributed by atoms with Crippen LogP contribution >= 0.6 is 23.4 Å². The largest absolute Gasteiger partial charge is 0.391 e. The van der Waals surface area contributed by atoms with Crippen LogP contribution in [0.15, 0.2) is 11.4 Å². The molecule has 1 aromatic heterocycles. The Hall–Kier alpha value is -0.890. The monoisotopic (exact) mass is 330 g/mol. The number of carbonyl (C=O) groups excluding carboxylic acids is 1. The maximum absolute atomic E-state index is 12.7.